The number of carbonyl (C=O) groups excluding carboxylic acids is 1. The first-order chi connectivity index (χ1) is 8.54. The Morgan fingerprint density at radius 1 is 1.44 bits per heavy atom. The summed E-state index contributed by atoms with van der Waals surface area (Å²) in [5.41, 5.74) is 11.3. The minimum Gasteiger partial charge on any atom is -0.494 e. The second kappa shape index (κ2) is 6.67. The molecule has 0 aromatic heterocycles. The first-order valence-electron chi connectivity index (χ1n) is 5.63. The molecule has 0 aliphatic carbocycles. The van der Waals surface area contributed by atoms with Gasteiger partial charge in [-0.1, -0.05) is 6.92 Å². The van der Waals surface area contributed by atoms with Crippen LogP contribution in [0.15, 0.2) is 24.3 Å². The van der Waals surface area contributed by atoms with Gasteiger partial charge in [-0.05, 0) is 30.7 Å². The van der Waals surface area contributed by atoms with Gasteiger partial charge in [0.25, 0.3) is 0 Å². The van der Waals surface area contributed by atoms with Crippen molar-refractivity contribution in [2.24, 2.45) is 17.3 Å². The van der Waals surface area contributed by atoms with E-state index < -0.39 is 12.3 Å². The molecule has 100 valence electrons. The third-order valence-electron chi connectivity index (χ3n) is 2.20. The fraction of sp³-hybridized carbons (Fsp3) is 0.364. The van der Waals surface area contributed by atoms with Crippen molar-refractivity contribution in [3.63, 3.8) is 0 Å². The van der Waals surface area contributed by atoms with Gasteiger partial charge in [0.15, 0.2) is 6.29 Å². The highest BCUT2D eigenvalue weighted by atomic mass is 16.5. The predicted molar refractivity (Wildman–Crippen MR) is 69.4 cm³/mol. The summed E-state index contributed by atoms with van der Waals surface area (Å²) in [4.78, 5) is 10.8. The highest BCUT2D eigenvalue weighted by Crippen LogP contribution is 2.16. The van der Waals surface area contributed by atoms with Gasteiger partial charge >= 0.3 is 6.03 Å². The minimum atomic E-state index is -0.884. The fourth-order valence-electron chi connectivity index (χ4n) is 1.24. The van der Waals surface area contributed by atoms with Gasteiger partial charge in [0.1, 0.15) is 5.75 Å². The number of rotatable bonds is 6. The van der Waals surface area contributed by atoms with E-state index in [2.05, 4.69) is 5.32 Å². The van der Waals surface area contributed by atoms with Crippen LogP contribution in [0.25, 0.3) is 0 Å². The summed E-state index contributed by atoms with van der Waals surface area (Å²) in [6.45, 7) is 2.71. The van der Waals surface area contributed by atoms with Crippen molar-refractivity contribution in [1.82, 2.24) is 5.01 Å². The van der Waals surface area contributed by atoms with Crippen LogP contribution in [0.5, 0.6) is 5.75 Å². The summed E-state index contributed by atoms with van der Waals surface area (Å²) in [6.07, 6.45) is 0.0657. The Labute approximate surface area is 106 Å². The Kier molecular flexibility index (Phi) is 5.22. The maximum atomic E-state index is 10.8. The van der Waals surface area contributed by atoms with Gasteiger partial charge in [0.2, 0.25) is 0 Å². The topological polar surface area (TPSA) is 120 Å². The van der Waals surface area contributed by atoms with Crippen LogP contribution in [0.4, 0.5) is 10.5 Å². The van der Waals surface area contributed by atoms with Crippen molar-refractivity contribution in [1.29, 1.82) is 0 Å². The number of primary amides is 1. The largest absolute Gasteiger partial charge is 0.494 e. The van der Waals surface area contributed by atoms with Gasteiger partial charge in [-0.3, -0.25) is 5.73 Å². The molecule has 1 rings (SSSR count). The van der Waals surface area contributed by atoms with E-state index in [1.807, 2.05) is 6.92 Å². The molecule has 0 spiro atoms. The van der Waals surface area contributed by atoms with Crippen LogP contribution in [0.3, 0.4) is 0 Å². The monoisotopic (exact) mass is 253 g/mol. The van der Waals surface area contributed by atoms with Crippen molar-refractivity contribution in [3.8, 4) is 5.75 Å². The van der Waals surface area contributed by atoms with Crippen LogP contribution >= 0.6 is 0 Å². The second-order valence-corrected chi connectivity index (χ2v) is 3.71. The molecule has 0 radical (unpaired) electrons. The number of anilines is 1. The molecular weight excluding hydrogens is 234 g/mol. The highest BCUT2D eigenvalue weighted by Gasteiger charge is 2.13. The van der Waals surface area contributed by atoms with E-state index in [0.29, 0.717) is 17.3 Å². The number of hydrogen-bond acceptors (Lipinski definition) is 5. The van der Waals surface area contributed by atoms with Crippen molar-refractivity contribution in [2.45, 2.75) is 19.6 Å². The van der Waals surface area contributed by atoms with Crippen LogP contribution in [-0.4, -0.2) is 23.9 Å². The summed E-state index contributed by atoms with van der Waals surface area (Å²) in [5.74, 6) is 6.12. The zero-order chi connectivity index (χ0) is 13.5. The zero-order valence-electron chi connectivity index (χ0n) is 10.3. The van der Waals surface area contributed by atoms with E-state index in [4.69, 9.17) is 22.0 Å². The van der Waals surface area contributed by atoms with Gasteiger partial charge in [0.05, 0.1) is 6.61 Å². The molecule has 0 bridgehead atoms. The van der Waals surface area contributed by atoms with Crippen molar-refractivity contribution >= 4 is 11.7 Å². The number of hydrogen-bond donors (Lipinski definition) is 4. The molecule has 0 aliphatic rings. The van der Waals surface area contributed by atoms with Crippen LogP contribution in [0.1, 0.15) is 13.3 Å². The molecule has 1 aromatic carbocycles. The fourth-order valence-corrected chi connectivity index (χ4v) is 1.24. The standard InChI is InChI=1S/C11H19N5O2/c1-2-7-18-9-5-3-8(4-6-9)15-10(12)16(14)11(13)17/h3-6,10,15H,2,7,12,14H2,1H3,(H2,13,17). The van der Waals surface area contributed by atoms with Gasteiger partial charge in [-0.2, -0.15) is 0 Å². The lowest BCUT2D eigenvalue weighted by Gasteiger charge is -2.23. The molecule has 7 nitrogen and oxygen atoms in total. The summed E-state index contributed by atoms with van der Waals surface area (Å²) < 4.78 is 5.43. The molecule has 0 aliphatic heterocycles. The van der Waals surface area contributed by atoms with Crippen molar-refractivity contribution in [2.75, 3.05) is 11.9 Å². The number of nitrogens with one attached hydrogen (secondary N) is 1. The van der Waals surface area contributed by atoms with E-state index in [0.717, 1.165) is 12.2 Å². The van der Waals surface area contributed by atoms with E-state index in [9.17, 15) is 4.79 Å². The summed E-state index contributed by atoms with van der Waals surface area (Å²) >= 11 is 0. The van der Waals surface area contributed by atoms with E-state index in [1.165, 1.54) is 0 Å². The molecule has 1 unspecified atom stereocenters. The lowest BCUT2D eigenvalue weighted by Crippen LogP contribution is -2.56. The summed E-state index contributed by atoms with van der Waals surface area (Å²) in [7, 11) is 0. The molecule has 0 fully saturated rings. The molecule has 1 aromatic rings. The number of nitrogens with zero attached hydrogens (tertiary/aromatic N) is 1. The Bertz CT molecular complexity index is 382. The number of hydrazine groups is 1. The summed E-state index contributed by atoms with van der Waals surface area (Å²) in [6, 6.07) is 6.35. The minimum absolute atomic E-state index is 0.671. The number of nitrogens with two attached hydrogens (primary N) is 3. The van der Waals surface area contributed by atoms with Crippen LogP contribution in [0, 0.1) is 0 Å². The maximum absolute atomic E-state index is 10.8. The zero-order valence-corrected chi connectivity index (χ0v) is 10.3. The molecule has 7 heteroatoms. The van der Waals surface area contributed by atoms with Gasteiger partial charge < -0.3 is 15.8 Å². The predicted octanol–water partition coefficient (Wildman–Crippen LogP) is 0.384. The van der Waals surface area contributed by atoms with Crippen LogP contribution < -0.4 is 27.4 Å². The number of amides is 2. The van der Waals surface area contributed by atoms with Crippen LogP contribution in [-0.2, 0) is 0 Å². The lowest BCUT2D eigenvalue weighted by molar-refractivity contribution is 0.193. The number of benzene rings is 1. The molecule has 1 atom stereocenters. The molecule has 0 saturated carbocycles. The first kappa shape index (κ1) is 14.1. The lowest BCUT2D eigenvalue weighted by atomic mass is 10.3. The molecular formula is C11H19N5O2. The molecule has 0 heterocycles. The Morgan fingerprint density at radius 3 is 2.56 bits per heavy atom. The van der Waals surface area contributed by atoms with E-state index in [-0.39, 0.29) is 0 Å². The van der Waals surface area contributed by atoms with E-state index in [1.54, 1.807) is 24.3 Å². The van der Waals surface area contributed by atoms with Crippen molar-refractivity contribution in [3.05, 3.63) is 24.3 Å². The Hall–Kier alpha value is -1.99. The normalized spacial score (nSPS) is 11.7. The maximum Gasteiger partial charge on any atom is 0.331 e. The van der Waals surface area contributed by atoms with Gasteiger partial charge in [0, 0.05) is 5.69 Å². The SMILES string of the molecule is CCCOc1ccc(NC(N)N(N)C(N)=O)cc1. The third-order valence-corrected chi connectivity index (χ3v) is 2.20. The smallest absolute Gasteiger partial charge is 0.331 e. The third kappa shape index (κ3) is 4.11. The number of urea groups is 1. The highest BCUT2D eigenvalue weighted by molar-refractivity contribution is 5.71. The molecule has 0 saturated heterocycles. The molecule has 2 amide bonds. The average molecular weight is 253 g/mol. The second-order valence-electron chi connectivity index (χ2n) is 3.71. The molecule has 18 heavy (non-hydrogen) atoms. The van der Waals surface area contributed by atoms with Crippen molar-refractivity contribution < 1.29 is 9.53 Å². The Balaban J connectivity index is 2.55. The quantitative estimate of drug-likeness (QED) is 0.253. The van der Waals surface area contributed by atoms with Gasteiger partial charge in [-0.15, -0.1) is 0 Å². The first-order valence-corrected chi connectivity index (χ1v) is 5.63. The molecule has 7 N–H and O–H groups in total. The Morgan fingerprint density at radius 2 is 2.06 bits per heavy atom. The van der Waals surface area contributed by atoms with Gasteiger partial charge in [-0.25, -0.2) is 15.6 Å². The average Bonchev–Trinajstić information content (AvgIpc) is 2.36. The van der Waals surface area contributed by atoms with E-state index >= 15 is 0 Å². The van der Waals surface area contributed by atoms with Crippen LogP contribution in [0.2, 0.25) is 0 Å². The number of carbonyl (C=O) groups is 1. The summed E-state index contributed by atoms with van der Waals surface area (Å²) in [5, 5.41) is 3.54. The number of ether oxygens (including phenoxy) is 1.